The Kier molecular flexibility index (Phi) is 2.47. The second kappa shape index (κ2) is 3.85. The molecular formula is C14H18FN. The summed E-state index contributed by atoms with van der Waals surface area (Å²) in [6.45, 7) is 1.25. The lowest BCUT2D eigenvalue weighted by atomic mass is 9.68. The minimum Gasteiger partial charge on any atom is -0.302 e. The number of fused-ring (bicyclic) bond motifs is 1. The summed E-state index contributed by atoms with van der Waals surface area (Å²) in [7, 11) is 2.21. The maximum absolute atomic E-state index is 12.9. The molecule has 0 radical (unpaired) electrons. The monoisotopic (exact) mass is 219 g/mol. The highest BCUT2D eigenvalue weighted by molar-refractivity contribution is 5.24. The second-order valence-corrected chi connectivity index (χ2v) is 5.28. The van der Waals surface area contributed by atoms with E-state index in [1.807, 2.05) is 12.1 Å². The molecule has 3 atom stereocenters. The normalized spacial score (nSPS) is 34.2. The zero-order chi connectivity index (χ0) is 11.1. The number of halogens is 1. The van der Waals surface area contributed by atoms with E-state index < -0.39 is 0 Å². The van der Waals surface area contributed by atoms with Crippen molar-refractivity contribution in [2.75, 3.05) is 13.6 Å². The molecule has 1 saturated carbocycles. The first-order chi connectivity index (χ1) is 7.75. The summed E-state index contributed by atoms with van der Waals surface area (Å²) in [5.74, 6) is 1.38. The van der Waals surface area contributed by atoms with Gasteiger partial charge in [0, 0.05) is 12.6 Å². The third-order valence-corrected chi connectivity index (χ3v) is 4.31. The predicted molar refractivity (Wildman–Crippen MR) is 62.9 cm³/mol. The van der Waals surface area contributed by atoms with Gasteiger partial charge in [-0.1, -0.05) is 18.6 Å². The molecule has 0 N–H and O–H groups in total. The van der Waals surface area contributed by atoms with Gasteiger partial charge in [0.05, 0.1) is 0 Å². The highest BCUT2D eigenvalue weighted by Crippen LogP contribution is 2.44. The van der Waals surface area contributed by atoms with Gasteiger partial charge in [0.2, 0.25) is 0 Å². The Bertz CT molecular complexity index is 371. The molecule has 0 amide bonds. The predicted octanol–water partition coefficient (Wildman–Crippen LogP) is 3.02. The second-order valence-electron chi connectivity index (χ2n) is 5.28. The molecule has 2 fully saturated rings. The molecule has 1 aromatic carbocycles. The molecule has 1 aliphatic heterocycles. The molecule has 3 rings (SSSR count). The van der Waals surface area contributed by atoms with Gasteiger partial charge in [0.1, 0.15) is 5.82 Å². The average molecular weight is 219 g/mol. The maximum Gasteiger partial charge on any atom is 0.123 e. The third kappa shape index (κ3) is 1.56. The Hall–Kier alpha value is -0.890. The maximum atomic E-state index is 12.9. The minimum atomic E-state index is -0.127. The van der Waals surface area contributed by atoms with Crippen molar-refractivity contribution in [2.45, 2.75) is 31.2 Å². The zero-order valence-electron chi connectivity index (χ0n) is 9.70. The Morgan fingerprint density at radius 1 is 1.19 bits per heavy atom. The summed E-state index contributed by atoms with van der Waals surface area (Å²) in [6.07, 6.45) is 3.97. The van der Waals surface area contributed by atoms with Gasteiger partial charge < -0.3 is 4.90 Å². The van der Waals surface area contributed by atoms with E-state index in [0.717, 1.165) is 5.92 Å². The fraction of sp³-hybridized carbons (Fsp3) is 0.571. The summed E-state index contributed by atoms with van der Waals surface area (Å²) in [4.78, 5) is 2.46. The Morgan fingerprint density at radius 3 is 2.62 bits per heavy atom. The van der Waals surface area contributed by atoms with Crippen molar-refractivity contribution < 1.29 is 4.39 Å². The van der Waals surface area contributed by atoms with Gasteiger partial charge in [-0.3, -0.25) is 0 Å². The van der Waals surface area contributed by atoms with Crippen LogP contribution in [0.3, 0.4) is 0 Å². The number of likely N-dealkylation sites (tertiary alicyclic amines) is 1. The van der Waals surface area contributed by atoms with E-state index in [1.54, 1.807) is 12.1 Å². The standard InChI is InChI=1S/C14H18FN/c1-16-9-11-3-2-4-13(14(11)16)10-5-7-12(15)8-6-10/h5-8,11,13-14H,2-4,9H2,1H3/t11-,13-,14+/m0/s1. The van der Waals surface area contributed by atoms with Gasteiger partial charge in [-0.15, -0.1) is 0 Å². The van der Waals surface area contributed by atoms with Crippen molar-refractivity contribution in [3.8, 4) is 0 Å². The summed E-state index contributed by atoms with van der Waals surface area (Å²) in [5, 5.41) is 0. The largest absolute Gasteiger partial charge is 0.302 e. The van der Waals surface area contributed by atoms with Crippen molar-refractivity contribution in [1.82, 2.24) is 4.90 Å². The molecule has 0 bridgehead atoms. The minimum absolute atomic E-state index is 0.127. The number of hydrogen-bond acceptors (Lipinski definition) is 1. The van der Waals surface area contributed by atoms with Crippen LogP contribution in [0.2, 0.25) is 0 Å². The average Bonchev–Trinajstić information content (AvgIpc) is 2.28. The number of benzene rings is 1. The quantitative estimate of drug-likeness (QED) is 0.701. The SMILES string of the molecule is CN1C[C@@H]2CCC[C@@H](c3ccc(F)cc3)[C@@H]21. The van der Waals surface area contributed by atoms with Crippen LogP contribution in [-0.2, 0) is 0 Å². The molecular weight excluding hydrogens is 201 g/mol. The fourth-order valence-corrected chi connectivity index (χ4v) is 3.56. The van der Waals surface area contributed by atoms with Crippen LogP contribution in [0.1, 0.15) is 30.7 Å². The Balaban J connectivity index is 1.85. The van der Waals surface area contributed by atoms with Crippen LogP contribution in [0.5, 0.6) is 0 Å². The molecule has 86 valence electrons. The number of hydrogen-bond donors (Lipinski definition) is 0. The topological polar surface area (TPSA) is 3.24 Å². The fourth-order valence-electron chi connectivity index (χ4n) is 3.56. The van der Waals surface area contributed by atoms with E-state index in [4.69, 9.17) is 0 Å². The summed E-state index contributed by atoms with van der Waals surface area (Å²) in [6, 6.07) is 7.83. The van der Waals surface area contributed by atoms with Gasteiger partial charge in [-0.05, 0) is 49.4 Å². The molecule has 1 aliphatic carbocycles. The van der Waals surface area contributed by atoms with E-state index in [1.165, 1.54) is 31.4 Å². The van der Waals surface area contributed by atoms with Gasteiger partial charge in [-0.2, -0.15) is 0 Å². The summed E-state index contributed by atoms with van der Waals surface area (Å²) < 4.78 is 12.9. The van der Waals surface area contributed by atoms with Gasteiger partial charge in [0.15, 0.2) is 0 Å². The van der Waals surface area contributed by atoms with E-state index in [9.17, 15) is 4.39 Å². The van der Waals surface area contributed by atoms with E-state index in [-0.39, 0.29) is 5.82 Å². The highest BCUT2D eigenvalue weighted by atomic mass is 19.1. The lowest BCUT2D eigenvalue weighted by Gasteiger charge is -2.53. The smallest absolute Gasteiger partial charge is 0.123 e. The van der Waals surface area contributed by atoms with Crippen molar-refractivity contribution in [1.29, 1.82) is 0 Å². The number of nitrogens with zero attached hydrogens (tertiary/aromatic N) is 1. The molecule has 1 nitrogen and oxygen atoms in total. The molecule has 1 heterocycles. The summed E-state index contributed by atoms with van der Waals surface area (Å²) in [5.41, 5.74) is 1.32. The highest BCUT2D eigenvalue weighted by Gasteiger charge is 2.43. The first kappa shape index (κ1) is 10.3. The molecule has 0 aromatic heterocycles. The lowest BCUT2D eigenvalue weighted by Crippen LogP contribution is -2.58. The van der Waals surface area contributed by atoms with Crippen LogP contribution < -0.4 is 0 Å². The van der Waals surface area contributed by atoms with Gasteiger partial charge in [0.25, 0.3) is 0 Å². The molecule has 1 aromatic rings. The number of rotatable bonds is 1. The van der Waals surface area contributed by atoms with Crippen LogP contribution in [0.15, 0.2) is 24.3 Å². The lowest BCUT2D eigenvalue weighted by molar-refractivity contribution is -0.00733. The van der Waals surface area contributed by atoms with Crippen molar-refractivity contribution in [3.63, 3.8) is 0 Å². The first-order valence-corrected chi connectivity index (χ1v) is 6.21. The van der Waals surface area contributed by atoms with Crippen molar-refractivity contribution >= 4 is 0 Å². The van der Waals surface area contributed by atoms with Crippen LogP contribution >= 0.6 is 0 Å². The summed E-state index contributed by atoms with van der Waals surface area (Å²) >= 11 is 0. The van der Waals surface area contributed by atoms with E-state index in [0.29, 0.717) is 12.0 Å². The molecule has 16 heavy (non-hydrogen) atoms. The van der Waals surface area contributed by atoms with Crippen LogP contribution in [-0.4, -0.2) is 24.5 Å². The van der Waals surface area contributed by atoms with Crippen LogP contribution in [0.4, 0.5) is 4.39 Å². The van der Waals surface area contributed by atoms with Crippen molar-refractivity contribution in [3.05, 3.63) is 35.6 Å². The molecule has 1 saturated heterocycles. The van der Waals surface area contributed by atoms with Crippen molar-refractivity contribution in [2.24, 2.45) is 5.92 Å². The Labute approximate surface area is 96.3 Å². The van der Waals surface area contributed by atoms with Crippen LogP contribution in [0, 0.1) is 11.7 Å². The number of likely N-dealkylation sites (N-methyl/N-ethyl adjacent to an activating group) is 1. The van der Waals surface area contributed by atoms with Crippen LogP contribution in [0.25, 0.3) is 0 Å². The molecule has 0 unspecified atom stereocenters. The van der Waals surface area contributed by atoms with E-state index >= 15 is 0 Å². The molecule has 0 spiro atoms. The molecule has 2 heteroatoms. The third-order valence-electron chi connectivity index (χ3n) is 4.31. The first-order valence-electron chi connectivity index (χ1n) is 6.21. The van der Waals surface area contributed by atoms with Gasteiger partial charge >= 0.3 is 0 Å². The Morgan fingerprint density at radius 2 is 1.94 bits per heavy atom. The van der Waals surface area contributed by atoms with E-state index in [2.05, 4.69) is 11.9 Å². The molecule has 2 aliphatic rings. The van der Waals surface area contributed by atoms with Gasteiger partial charge in [-0.25, -0.2) is 4.39 Å². The zero-order valence-corrected chi connectivity index (χ0v) is 9.70.